The average molecular weight is 538 g/mol. The molecule has 9 atom stereocenters. The van der Waals surface area contributed by atoms with Crippen molar-refractivity contribution in [1.82, 2.24) is 0 Å². The molecule has 0 bridgehead atoms. The third-order valence-corrected chi connectivity index (χ3v) is 11.9. The summed E-state index contributed by atoms with van der Waals surface area (Å²) in [5.41, 5.74) is 2.66. The first-order valence-electron chi connectivity index (χ1n) is 15.8. The first kappa shape index (κ1) is 28.8. The Morgan fingerprint density at radius 3 is 2.64 bits per heavy atom. The smallest absolute Gasteiger partial charge is 0.338 e. The first-order valence-corrected chi connectivity index (χ1v) is 15.8. The van der Waals surface area contributed by atoms with Crippen LogP contribution in [0.25, 0.3) is 0 Å². The normalized spacial score (nSPS) is 37.3. The molecule has 0 aromatic heterocycles. The third-order valence-electron chi connectivity index (χ3n) is 11.9. The number of allylic oxidation sites excluding steroid dienone is 1. The van der Waals surface area contributed by atoms with Gasteiger partial charge in [0.1, 0.15) is 6.10 Å². The number of esters is 1. The largest absolute Gasteiger partial charge is 0.595 e. The molecule has 0 radical (unpaired) electrons. The third kappa shape index (κ3) is 5.48. The number of ether oxygens (including phenoxy) is 1. The summed E-state index contributed by atoms with van der Waals surface area (Å²) >= 11 is 0. The lowest BCUT2D eigenvalue weighted by molar-refractivity contribution is -0.991. The number of fused-ring (bicyclic) bond motifs is 5. The second-order valence-corrected chi connectivity index (χ2v) is 14.4. The zero-order valence-corrected chi connectivity index (χ0v) is 24.9. The monoisotopic (exact) mass is 537 g/mol. The van der Waals surface area contributed by atoms with Crippen molar-refractivity contribution in [2.75, 3.05) is 0 Å². The van der Waals surface area contributed by atoms with Gasteiger partial charge >= 0.3 is 5.97 Å². The van der Waals surface area contributed by atoms with Gasteiger partial charge in [0.25, 0.3) is 0 Å². The van der Waals surface area contributed by atoms with Crippen LogP contribution in [-0.2, 0) is 4.74 Å². The van der Waals surface area contributed by atoms with Crippen LogP contribution in [0, 0.1) is 51.5 Å². The van der Waals surface area contributed by atoms with Crippen molar-refractivity contribution in [3.8, 4) is 0 Å². The Morgan fingerprint density at radius 2 is 1.90 bits per heavy atom. The molecule has 39 heavy (non-hydrogen) atoms. The Kier molecular flexibility index (Phi) is 8.35. The number of nitrogens with one attached hydrogen (secondary N) is 1. The van der Waals surface area contributed by atoms with Crippen LogP contribution < -0.4 is 5.23 Å². The molecule has 2 N–H and O–H groups in total. The summed E-state index contributed by atoms with van der Waals surface area (Å²) < 4.78 is 5.94. The van der Waals surface area contributed by atoms with E-state index in [0.717, 1.165) is 54.8 Å². The van der Waals surface area contributed by atoms with Gasteiger partial charge in [0.05, 0.1) is 5.56 Å². The summed E-state index contributed by atoms with van der Waals surface area (Å²) in [4.78, 5) is 12.9. The highest BCUT2D eigenvalue weighted by Gasteiger charge is 2.59. The number of carbonyl (C=O) groups is 1. The molecule has 0 heterocycles. The van der Waals surface area contributed by atoms with Gasteiger partial charge in [-0.05, 0) is 97.3 Å². The highest BCUT2D eigenvalue weighted by atomic mass is 16.8. The summed E-state index contributed by atoms with van der Waals surface area (Å²) in [6.45, 7) is 12.4. The van der Waals surface area contributed by atoms with Crippen molar-refractivity contribution in [2.45, 2.75) is 111 Å². The molecule has 1 aromatic carbocycles. The lowest BCUT2D eigenvalue weighted by atomic mass is 9.47. The number of carbonyl (C=O) groups excluding carboxylic acids is 1. The lowest BCUT2D eigenvalue weighted by Crippen LogP contribution is -2.99. The maximum absolute atomic E-state index is 12.9. The van der Waals surface area contributed by atoms with E-state index in [2.05, 4.69) is 40.7 Å². The highest BCUT2D eigenvalue weighted by molar-refractivity contribution is 5.90. The summed E-state index contributed by atoms with van der Waals surface area (Å²) in [5.74, 6) is 4.50. The minimum absolute atomic E-state index is 0.116. The van der Waals surface area contributed by atoms with E-state index in [4.69, 9.17) is 4.74 Å². The zero-order valence-electron chi connectivity index (χ0n) is 24.9. The molecule has 3 saturated carbocycles. The van der Waals surface area contributed by atoms with Crippen molar-refractivity contribution < 1.29 is 20.0 Å². The molecule has 5 rings (SSSR count). The van der Waals surface area contributed by atoms with E-state index in [9.17, 15) is 15.2 Å². The first-order chi connectivity index (χ1) is 18.5. The molecule has 1 aromatic rings. The second-order valence-electron chi connectivity index (χ2n) is 14.4. The number of quaternary nitrogens is 1. The minimum Gasteiger partial charge on any atom is -0.595 e. The molecule has 0 aliphatic heterocycles. The van der Waals surface area contributed by atoms with E-state index in [-0.39, 0.29) is 17.2 Å². The Bertz CT molecular complexity index is 1070. The van der Waals surface area contributed by atoms with E-state index < -0.39 is 11.2 Å². The number of rotatable bonds is 8. The Labute approximate surface area is 235 Å². The van der Waals surface area contributed by atoms with Gasteiger partial charge in [0, 0.05) is 18.6 Å². The van der Waals surface area contributed by atoms with Crippen molar-refractivity contribution in [3.63, 3.8) is 0 Å². The van der Waals surface area contributed by atoms with Crippen LogP contribution in [0.15, 0.2) is 35.9 Å². The molecule has 3 fully saturated rings. The fourth-order valence-electron chi connectivity index (χ4n) is 9.75. The van der Waals surface area contributed by atoms with Gasteiger partial charge in [0.15, 0.2) is 5.69 Å². The van der Waals surface area contributed by atoms with Crippen molar-refractivity contribution in [2.24, 2.45) is 46.3 Å². The van der Waals surface area contributed by atoms with Crippen molar-refractivity contribution >= 4 is 11.7 Å². The van der Waals surface area contributed by atoms with Crippen LogP contribution >= 0.6 is 0 Å². The molecular formula is C34H51NO4. The van der Waals surface area contributed by atoms with Crippen molar-refractivity contribution in [3.05, 3.63) is 46.7 Å². The van der Waals surface area contributed by atoms with Gasteiger partial charge in [-0.2, -0.15) is 5.23 Å². The molecule has 216 valence electrons. The van der Waals surface area contributed by atoms with E-state index in [1.54, 1.807) is 12.1 Å². The van der Waals surface area contributed by atoms with Crippen LogP contribution in [0.3, 0.4) is 0 Å². The van der Waals surface area contributed by atoms with E-state index in [1.165, 1.54) is 69.1 Å². The number of hydrogen-bond donors (Lipinski definition) is 2. The van der Waals surface area contributed by atoms with Gasteiger partial charge < -0.3 is 9.94 Å². The van der Waals surface area contributed by atoms with Gasteiger partial charge in [-0.1, -0.05) is 71.6 Å². The van der Waals surface area contributed by atoms with E-state index >= 15 is 0 Å². The van der Waals surface area contributed by atoms with E-state index in [1.807, 2.05) is 0 Å². The van der Waals surface area contributed by atoms with Crippen molar-refractivity contribution in [1.29, 1.82) is 0 Å². The fraction of sp³-hybridized carbons (Fsp3) is 0.735. The molecule has 0 saturated heterocycles. The SMILES string of the molecule is CC(C)CCC[C@@H](C)[C@@H]1CC[C@@H]2[C@H]3CC=C4C[C@@H](OC(=O)c5cccc([NH+]([O-])O)c5)CC[C@]4(C)[C@@H]3CC[C@]21C. The second kappa shape index (κ2) is 11.3. The Hall–Kier alpha value is -1.69. The quantitative estimate of drug-likeness (QED) is 0.203. The standard InChI is InChI=1S/C34H51NO4/c1-22(2)8-6-9-23(3)29-14-15-30-28-13-12-25-21-27(16-18-33(25,4)31(28)17-19-34(29,30)5)39-32(36)24-10-7-11-26(20-24)35(37)38/h7,10-12,20,22-23,27-31,35,37H,6,8-9,13-19,21H2,1-5H3/t23-,27+,28-,29+,30-,31-,33+,34+/m1/s1. The molecule has 5 nitrogen and oxygen atoms in total. The molecule has 1 unspecified atom stereocenters. The lowest BCUT2D eigenvalue weighted by Gasteiger charge is -2.58. The maximum Gasteiger partial charge on any atom is 0.338 e. The van der Waals surface area contributed by atoms with Crippen LogP contribution in [0.5, 0.6) is 0 Å². The molecule has 5 heteroatoms. The Balaban J connectivity index is 1.24. The van der Waals surface area contributed by atoms with Crippen LogP contribution in [0.2, 0.25) is 0 Å². The average Bonchev–Trinajstić information content (AvgIpc) is 3.26. The van der Waals surface area contributed by atoms with Gasteiger partial charge in [-0.25, -0.2) is 10.0 Å². The van der Waals surface area contributed by atoms with Crippen LogP contribution in [0.1, 0.15) is 116 Å². The molecule has 0 amide bonds. The minimum atomic E-state index is -1.03. The molecule has 0 spiro atoms. The fourth-order valence-corrected chi connectivity index (χ4v) is 9.75. The highest BCUT2D eigenvalue weighted by Crippen LogP contribution is 2.67. The summed E-state index contributed by atoms with van der Waals surface area (Å²) in [5, 5.41) is 19.6. The van der Waals surface area contributed by atoms with Crippen LogP contribution in [0.4, 0.5) is 5.69 Å². The van der Waals surface area contributed by atoms with Gasteiger partial charge in [-0.3, -0.25) is 0 Å². The van der Waals surface area contributed by atoms with Gasteiger partial charge in [0.2, 0.25) is 0 Å². The summed E-state index contributed by atoms with van der Waals surface area (Å²) in [6, 6.07) is 6.18. The predicted octanol–water partition coefficient (Wildman–Crippen LogP) is 7.66. The molecule has 4 aliphatic rings. The number of benzene rings is 1. The van der Waals surface area contributed by atoms with Gasteiger partial charge in [-0.15, -0.1) is 0 Å². The Morgan fingerprint density at radius 1 is 1.10 bits per heavy atom. The predicted molar refractivity (Wildman–Crippen MR) is 154 cm³/mol. The topological polar surface area (TPSA) is 74.0 Å². The maximum atomic E-state index is 12.9. The summed E-state index contributed by atoms with van der Waals surface area (Å²) in [7, 11) is 0. The number of hydrogen-bond acceptors (Lipinski definition) is 4. The van der Waals surface area contributed by atoms with E-state index in [0.29, 0.717) is 11.0 Å². The zero-order chi connectivity index (χ0) is 27.9. The summed E-state index contributed by atoms with van der Waals surface area (Å²) in [6.07, 6.45) is 16.1. The molecular weight excluding hydrogens is 486 g/mol. The molecule has 4 aliphatic carbocycles. The van der Waals surface area contributed by atoms with Crippen LogP contribution in [-0.4, -0.2) is 17.3 Å².